The molecule has 0 aliphatic carbocycles. The van der Waals surface area contributed by atoms with Crippen molar-refractivity contribution in [3.63, 3.8) is 0 Å². The number of carboxylic acids is 1. The zero-order valence-electron chi connectivity index (χ0n) is 11.5. The average molecular weight is 269 g/mol. The van der Waals surface area contributed by atoms with Gasteiger partial charge in [-0.25, -0.2) is 4.79 Å². The van der Waals surface area contributed by atoms with Gasteiger partial charge >= 0.3 is 5.97 Å². The van der Waals surface area contributed by atoms with E-state index in [1.165, 1.54) is 6.92 Å². The normalized spacial score (nSPS) is 13.9. The first-order valence-electron chi connectivity index (χ1n) is 5.99. The minimum atomic E-state index is -1.08. The monoisotopic (exact) mass is 269 g/mol. The van der Waals surface area contributed by atoms with Gasteiger partial charge in [-0.15, -0.1) is 0 Å². The first-order chi connectivity index (χ1) is 8.82. The van der Waals surface area contributed by atoms with Crippen molar-refractivity contribution in [1.82, 2.24) is 15.8 Å². The van der Waals surface area contributed by atoms with Crippen LogP contribution in [-0.4, -0.2) is 34.7 Å². The molecule has 7 heteroatoms. The number of hydrogen-bond donors (Lipinski definition) is 3. The van der Waals surface area contributed by atoms with Crippen molar-refractivity contribution in [2.75, 3.05) is 6.54 Å². The van der Waals surface area contributed by atoms with E-state index in [-0.39, 0.29) is 18.5 Å². The molecule has 1 aromatic heterocycles. The van der Waals surface area contributed by atoms with Gasteiger partial charge in [0.1, 0.15) is 11.8 Å². The number of amides is 1. The molecular formula is C12H19N3O4. The van der Waals surface area contributed by atoms with Gasteiger partial charge in [-0.05, 0) is 20.8 Å². The highest BCUT2D eigenvalue weighted by molar-refractivity contribution is 5.82. The van der Waals surface area contributed by atoms with E-state index in [2.05, 4.69) is 15.8 Å². The summed E-state index contributed by atoms with van der Waals surface area (Å²) in [7, 11) is 0. The number of hydrogen-bond acceptors (Lipinski definition) is 5. The van der Waals surface area contributed by atoms with Crippen LogP contribution in [0.3, 0.4) is 0 Å². The summed E-state index contributed by atoms with van der Waals surface area (Å²) in [5.41, 5.74) is 1.68. The molecule has 2 atom stereocenters. The van der Waals surface area contributed by atoms with E-state index in [0.29, 0.717) is 5.76 Å². The summed E-state index contributed by atoms with van der Waals surface area (Å²) >= 11 is 0. The molecule has 0 aliphatic rings. The Morgan fingerprint density at radius 1 is 1.42 bits per heavy atom. The van der Waals surface area contributed by atoms with Crippen LogP contribution in [0.2, 0.25) is 0 Å². The quantitative estimate of drug-likeness (QED) is 0.696. The van der Waals surface area contributed by atoms with Crippen molar-refractivity contribution in [3.05, 3.63) is 17.0 Å². The van der Waals surface area contributed by atoms with Gasteiger partial charge in [-0.3, -0.25) is 4.79 Å². The topological polar surface area (TPSA) is 104 Å². The van der Waals surface area contributed by atoms with Crippen LogP contribution in [0.15, 0.2) is 4.52 Å². The average Bonchev–Trinajstić information content (AvgIpc) is 2.63. The number of nitrogens with zero attached hydrogens (tertiary/aromatic N) is 1. The van der Waals surface area contributed by atoms with E-state index < -0.39 is 12.0 Å². The number of carboxylic acid groups (broad SMARTS) is 1. The lowest BCUT2D eigenvalue weighted by Crippen LogP contribution is -2.47. The van der Waals surface area contributed by atoms with Crippen LogP contribution in [0.4, 0.5) is 0 Å². The van der Waals surface area contributed by atoms with Gasteiger partial charge in [0.25, 0.3) is 0 Å². The Labute approximate surface area is 111 Å². The predicted octanol–water partition coefficient (Wildman–Crippen LogP) is 0.531. The second-order valence-corrected chi connectivity index (χ2v) is 4.46. The summed E-state index contributed by atoms with van der Waals surface area (Å²) in [4.78, 5) is 21.9. The Balaban J connectivity index is 2.64. The van der Waals surface area contributed by atoms with E-state index in [9.17, 15) is 9.59 Å². The Morgan fingerprint density at radius 2 is 2.05 bits per heavy atom. The summed E-state index contributed by atoms with van der Waals surface area (Å²) in [5.74, 6) is -0.753. The lowest BCUT2D eigenvalue weighted by molar-refractivity contribution is -0.141. The fraction of sp³-hybridized carbons (Fsp3) is 0.583. The fourth-order valence-corrected chi connectivity index (χ4v) is 1.95. The molecule has 1 heterocycles. The van der Waals surface area contributed by atoms with Crippen molar-refractivity contribution in [2.45, 2.75) is 39.8 Å². The van der Waals surface area contributed by atoms with Crippen LogP contribution < -0.4 is 10.6 Å². The summed E-state index contributed by atoms with van der Waals surface area (Å²) in [6, 6.07) is -1.07. The zero-order valence-corrected chi connectivity index (χ0v) is 11.5. The SMILES string of the molecule is CC(=O)NC(CNC(C)c1c(C)noc1C)C(=O)O. The molecule has 0 saturated heterocycles. The van der Waals surface area contributed by atoms with E-state index in [1.54, 1.807) is 6.92 Å². The Kier molecular flexibility index (Phi) is 5.05. The molecule has 3 N–H and O–H groups in total. The van der Waals surface area contributed by atoms with Crippen LogP contribution in [0, 0.1) is 13.8 Å². The molecule has 0 bridgehead atoms. The second kappa shape index (κ2) is 6.33. The van der Waals surface area contributed by atoms with Gasteiger partial charge in [-0.1, -0.05) is 5.16 Å². The molecule has 2 unspecified atom stereocenters. The van der Waals surface area contributed by atoms with Gasteiger partial charge in [0.05, 0.1) is 5.69 Å². The summed E-state index contributed by atoms with van der Waals surface area (Å²) in [5, 5.41) is 18.3. The highest BCUT2D eigenvalue weighted by atomic mass is 16.5. The smallest absolute Gasteiger partial charge is 0.327 e. The third-order valence-corrected chi connectivity index (χ3v) is 2.83. The summed E-state index contributed by atoms with van der Waals surface area (Å²) in [6.45, 7) is 6.93. The van der Waals surface area contributed by atoms with Crippen LogP contribution in [0.25, 0.3) is 0 Å². The van der Waals surface area contributed by atoms with Crippen molar-refractivity contribution < 1.29 is 19.2 Å². The van der Waals surface area contributed by atoms with E-state index in [1.807, 2.05) is 13.8 Å². The Morgan fingerprint density at radius 3 is 2.47 bits per heavy atom. The van der Waals surface area contributed by atoms with Gasteiger partial charge in [0.2, 0.25) is 5.91 Å². The van der Waals surface area contributed by atoms with Crippen LogP contribution >= 0.6 is 0 Å². The number of rotatable bonds is 6. The Hall–Kier alpha value is -1.89. The van der Waals surface area contributed by atoms with Gasteiger partial charge in [-0.2, -0.15) is 0 Å². The third kappa shape index (κ3) is 4.06. The minimum absolute atomic E-state index is 0.109. The Bertz CT molecular complexity index is 450. The maximum Gasteiger partial charge on any atom is 0.327 e. The fourth-order valence-electron chi connectivity index (χ4n) is 1.95. The molecular weight excluding hydrogens is 250 g/mol. The molecule has 0 radical (unpaired) electrons. The molecule has 0 aliphatic heterocycles. The number of nitrogens with one attached hydrogen (secondary N) is 2. The minimum Gasteiger partial charge on any atom is -0.480 e. The molecule has 1 aromatic rings. The molecule has 1 amide bonds. The third-order valence-electron chi connectivity index (χ3n) is 2.83. The molecule has 19 heavy (non-hydrogen) atoms. The highest BCUT2D eigenvalue weighted by Gasteiger charge is 2.21. The predicted molar refractivity (Wildman–Crippen MR) is 67.6 cm³/mol. The number of aromatic nitrogens is 1. The molecule has 0 fully saturated rings. The lowest BCUT2D eigenvalue weighted by atomic mass is 10.1. The number of aliphatic carboxylic acids is 1. The van der Waals surface area contributed by atoms with E-state index in [0.717, 1.165) is 11.3 Å². The largest absolute Gasteiger partial charge is 0.480 e. The summed E-state index contributed by atoms with van der Waals surface area (Å²) < 4.78 is 5.06. The van der Waals surface area contributed by atoms with Crippen LogP contribution in [-0.2, 0) is 9.59 Å². The molecule has 1 rings (SSSR count). The maximum atomic E-state index is 11.0. The number of carbonyl (C=O) groups is 2. The van der Waals surface area contributed by atoms with Gasteiger partial charge < -0.3 is 20.3 Å². The molecule has 0 spiro atoms. The standard InChI is InChI=1S/C12H19N3O4/c1-6(11-7(2)15-19-8(11)3)13-5-10(12(17)18)14-9(4)16/h6,10,13H,5H2,1-4H3,(H,14,16)(H,17,18). The highest BCUT2D eigenvalue weighted by Crippen LogP contribution is 2.20. The second-order valence-electron chi connectivity index (χ2n) is 4.46. The van der Waals surface area contributed by atoms with Crippen molar-refractivity contribution in [3.8, 4) is 0 Å². The number of carbonyl (C=O) groups excluding carboxylic acids is 1. The first-order valence-corrected chi connectivity index (χ1v) is 5.99. The molecule has 106 valence electrons. The van der Waals surface area contributed by atoms with Gasteiger partial charge in [0.15, 0.2) is 0 Å². The van der Waals surface area contributed by atoms with Crippen molar-refractivity contribution in [1.29, 1.82) is 0 Å². The van der Waals surface area contributed by atoms with Crippen molar-refractivity contribution in [2.24, 2.45) is 0 Å². The van der Waals surface area contributed by atoms with Gasteiger partial charge in [0, 0.05) is 25.1 Å². The van der Waals surface area contributed by atoms with Crippen molar-refractivity contribution >= 4 is 11.9 Å². The van der Waals surface area contributed by atoms with E-state index in [4.69, 9.17) is 9.63 Å². The van der Waals surface area contributed by atoms with Crippen LogP contribution in [0.1, 0.15) is 36.9 Å². The lowest BCUT2D eigenvalue weighted by Gasteiger charge is -2.18. The molecule has 0 saturated carbocycles. The molecule has 7 nitrogen and oxygen atoms in total. The first kappa shape index (κ1) is 15.2. The maximum absolute atomic E-state index is 11.0. The molecule has 0 aromatic carbocycles. The summed E-state index contributed by atoms with van der Waals surface area (Å²) in [6.07, 6.45) is 0. The van der Waals surface area contributed by atoms with E-state index >= 15 is 0 Å². The number of aryl methyl sites for hydroxylation is 2. The zero-order chi connectivity index (χ0) is 14.6. The van der Waals surface area contributed by atoms with Crippen LogP contribution in [0.5, 0.6) is 0 Å².